The van der Waals surface area contributed by atoms with Gasteiger partial charge in [-0.1, -0.05) is 26.0 Å². The van der Waals surface area contributed by atoms with E-state index >= 15 is 0 Å². The molecule has 0 fully saturated rings. The van der Waals surface area contributed by atoms with Crippen molar-refractivity contribution in [2.45, 2.75) is 26.3 Å². The lowest BCUT2D eigenvalue weighted by atomic mass is 10.0. The summed E-state index contributed by atoms with van der Waals surface area (Å²) in [6.07, 6.45) is 0.269. The number of carbonyl (C=O) groups excluding carboxylic acids is 3. The van der Waals surface area contributed by atoms with Crippen LogP contribution in [-0.2, 0) is 4.79 Å². The zero-order valence-corrected chi connectivity index (χ0v) is 14.4. The summed E-state index contributed by atoms with van der Waals surface area (Å²) in [6, 6.07) is 10.4. The Kier molecular flexibility index (Phi) is 4.84. The highest BCUT2D eigenvalue weighted by atomic mass is 19.1. The zero-order valence-electron chi connectivity index (χ0n) is 14.4. The van der Waals surface area contributed by atoms with Crippen LogP contribution in [0.3, 0.4) is 0 Å². The molecule has 3 rings (SSSR count). The molecule has 1 heterocycles. The molecule has 0 aliphatic carbocycles. The molecule has 0 aromatic heterocycles. The van der Waals surface area contributed by atoms with Crippen LogP contribution in [0.25, 0.3) is 0 Å². The van der Waals surface area contributed by atoms with Crippen LogP contribution < -0.4 is 4.74 Å². The smallest absolute Gasteiger partial charge is 0.334 e. The Morgan fingerprint density at radius 1 is 1.00 bits per heavy atom. The van der Waals surface area contributed by atoms with Crippen LogP contribution in [0.2, 0.25) is 0 Å². The van der Waals surface area contributed by atoms with Crippen molar-refractivity contribution in [2.24, 2.45) is 5.92 Å². The minimum Gasteiger partial charge on any atom is -0.425 e. The highest BCUT2D eigenvalue weighted by molar-refractivity contribution is 6.22. The van der Waals surface area contributed by atoms with E-state index < -0.39 is 29.6 Å². The Morgan fingerprint density at radius 2 is 1.54 bits per heavy atom. The van der Waals surface area contributed by atoms with Crippen LogP contribution in [0.1, 0.15) is 41.0 Å². The molecule has 0 N–H and O–H groups in total. The topological polar surface area (TPSA) is 63.7 Å². The van der Waals surface area contributed by atoms with E-state index in [-0.39, 0.29) is 29.2 Å². The second kappa shape index (κ2) is 7.07. The van der Waals surface area contributed by atoms with Gasteiger partial charge in [0, 0.05) is 0 Å². The van der Waals surface area contributed by atoms with Crippen LogP contribution in [0, 0.1) is 11.7 Å². The second-order valence-corrected chi connectivity index (χ2v) is 6.55. The first kappa shape index (κ1) is 17.8. The van der Waals surface area contributed by atoms with Crippen molar-refractivity contribution in [3.63, 3.8) is 0 Å². The van der Waals surface area contributed by atoms with Gasteiger partial charge in [-0.25, -0.2) is 9.18 Å². The third-order valence-corrected chi connectivity index (χ3v) is 4.14. The standard InChI is InChI=1S/C20H18FNO4/c1-12(2)11-17(20(25)26-14-9-7-13(21)8-10-14)22-18(23)15-5-3-4-6-16(15)19(22)24/h3-10,12,17H,11H2,1-2H3/t17-/m0/s1. The fourth-order valence-electron chi connectivity index (χ4n) is 2.93. The Balaban J connectivity index is 1.89. The maximum Gasteiger partial charge on any atom is 0.334 e. The van der Waals surface area contributed by atoms with E-state index in [4.69, 9.17) is 4.74 Å². The van der Waals surface area contributed by atoms with Crippen molar-refractivity contribution in [3.8, 4) is 5.75 Å². The van der Waals surface area contributed by atoms with Gasteiger partial charge in [-0.3, -0.25) is 14.5 Å². The lowest BCUT2D eigenvalue weighted by Gasteiger charge is -2.25. The molecule has 1 aliphatic rings. The monoisotopic (exact) mass is 355 g/mol. The Morgan fingerprint density at radius 3 is 2.04 bits per heavy atom. The molecule has 1 atom stereocenters. The van der Waals surface area contributed by atoms with Crippen molar-refractivity contribution >= 4 is 17.8 Å². The van der Waals surface area contributed by atoms with Crippen molar-refractivity contribution in [3.05, 3.63) is 65.5 Å². The summed E-state index contributed by atoms with van der Waals surface area (Å²) in [5.74, 6) is -1.99. The quantitative estimate of drug-likeness (QED) is 0.468. The van der Waals surface area contributed by atoms with E-state index in [0.29, 0.717) is 0 Å². The van der Waals surface area contributed by atoms with Gasteiger partial charge in [0.05, 0.1) is 11.1 Å². The summed E-state index contributed by atoms with van der Waals surface area (Å²) in [5, 5.41) is 0. The molecule has 134 valence electrons. The Hall–Kier alpha value is -3.02. The molecule has 2 aromatic rings. The molecule has 0 bridgehead atoms. The van der Waals surface area contributed by atoms with E-state index in [9.17, 15) is 18.8 Å². The third kappa shape index (κ3) is 3.35. The van der Waals surface area contributed by atoms with Crippen LogP contribution in [0.5, 0.6) is 5.75 Å². The predicted octanol–water partition coefficient (Wildman–Crippen LogP) is 3.44. The number of hydrogen-bond acceptors (Lipinski definition) is 4. The molecule has 6 heteroatoms. The highest BCUT2D eigenvalue weighted by Crippen LogP contribution is 2.28. The van der Waals surface area contributed by atoms with E-state index in [1.807, 2.05) is 13.8 Å². The lowest BCUT2D eigenvalue weighted by Crippen LogP contribution is -2.47. The van der Waals surface area contributed by atoms with Gasteiger partial charge in [0.1, 0.15) is 17.6 Å². The summed E-state index contributed by atoms with van der Waals surface area (Å²) in [5.41, 5.74) is 0.557. The second-order valence-electron chi connectivity index (χ2n) is 6.55. The van der Waals surface area contributed by atoms with Crippen molar-refractivity contribution in [1.29, 1.82) is 0 Å². The lowest BCUT2D eigenvalue weighted by molar-refractivity contribution is -0.139. The first-order chi connectivity index (χ1) is 12.4. The SMILES string of the molecule is CC(C)C[C@@H](C(=O)Oc1ccc(F)cc1)N1C(=O)c2ccccc2C1=O. The van der Waals surface area contributed by atoms with E-state index in [2.05, 4.69) is 0 Å². The summed E-state index contributed by atoms with van der Waals surface area (Å²) in [4.78, 5) is 39.0. The number of ether oxygens (including phenoxy) is 1. The first-order valence-electron chi connectivity index (χ1n) is 8.32. The fourth-order valence-corrected chi connectivity index (χ4v) is 2.93. The number of fused-ring (bicyclic) bond motifs is 1. The number of rotatable bonds is 5. The van der Waals surface area contributed by atoms with Crippen LogP contribution in [0.15, 0.2) is 48.5 Å². The maximum atomic E-state index is 13.0. The maximum absolute atomic E-state index is 13.0. The van der Waals surface area contributed by atoms with Gasteiger partial charge in [0.25, 0.3) is 11.8 Å². The number of benzene rings is 2. The Labute approximate surface area is 150 Å². The average molecular weight is 355 g/mol. The fraction of sp³-hybridized carbons (Fsp3) is 0.250. The van der Waals surface area contributed by atoms with Gasteiger partial charge in [0.2, 0.25) is 0 Å². The minimum atomic E-state index is -1.05. The van der Waals surface area contributed by atoms with E-state index in [1.54, 1.807) is 24.3 Å². The third-order valence-electron chi connectivity index (χ3n) is 4.14. The van der Waals surface area contributed by atoms with Gasteiger partial charge >= 0.3 is 5.97 Å². The normalized spacial score (nSPS) is 14.5. The molecule has 0 spiro atoms. The number of carbonyl (C=O) groups is 3. The minimum absolute atomic E-state index is 0.0464. The van der Waals surface area contributed by atoms with Crippen LogP contribution >= 0.6 is 0 Å². The van der Waals surface area contributed by atoms with Crippen LogP contribution in [-0.4, -0.2) is 28.7 Å². The molecule has 0 saturated carbocycles. The van der Waals surface area contributed by atoms with Crippen molar-refractivity contribution in [1.82, 2.24) is 4.90 Å². The number of imide groups is 1. The molecule has 0 unspecified atom stereocenters. The predicted molar refractivity (Wildman–Crippen MR) is 92.2 cm³/mol. The molecule has 0 saturated heterocycles. The largest absolute Gasteiger partial charge is 0.425 e. The first-order valence-corrected chi connectivity index (χ1v) is 8.32. The van der Waals surface area contributed by atoms with E-state index in [1.165, 1.54) is 24.3 Å². The summed E-state index contributed by atoms with van der Waals surface area (Å²) >= 11 is 0. The molecule has 26 heavy (non-hydrogen) atoms. The van der Waals surface area contributed by atoms with Crippen molar-refractivity contribution in [2.75, 3.05) is 0 Å². The van der Waals surface area contributed by atoms with Crippen molar-refractivity contribution < 1.29 is 23.5 Å². The summed E-state index contributed by atoms with van der Waals surface area (Å²) in [6.45, 7) is 3.77. The van der Waals surface area contributed by atoms with Gasteiger partial charge in [-0.2, -0.15) is 0 Å². The average Bonchev–Trinajstić information content (AvgIpc) is 2.86. The van der Waals surface area contributed by atoms with Gasteiger partial charge in [-0.15, -0.1) is 0 Å². The molecule has 1 aliphatic heterocycles. The number of hydrogen-bond donors (Lipinski definition) is 0. The molecule has 0 radical (unpaired) electrons. The highest BCUT2D eigenvalue weighted by Gasteiger charge is 2.43. The number of esters is 1. The molecular weight excluding hydrogens is 337 g/mol. The van der Waals surface area contributed by atoms with Gasteiger partial charge in [-0.05, 0) is 48.7 Å². The van der Waals surface area contributed by atoms with Gasteiger partial charge < -0.3 is 4.74 Å². The summed E-state index contributed by atoms with van der Waals surface area (Å²) < 4.78 is 18.3. The number of nitrogens with zero attached hydrogens (tertiary/aromatic N) is 1. The molecule has 2 amide bonds. The van der Waals surface area contributed by atoms with Crippen LogP contribution in [0.4, 0.5) is 4.39 Å². The van der Waals surface area contributed by atoms with E-state index in [0.717, 1.165) is 4.90 Å². The number of amides is 2. The number of halogens is 1. The summed E-state index contributed by atoms with van der Waals surface area (Å²) in [7, 11) is 0. The molecule has 5 nitrogen and oxygen atoms in total. The Bertz CT molecular complexity index is 825. The zero-order chi connectivity index (χ0) is 18.8. The van der Waals surface area contributed by atoms with Gasteiger partial charge in [0.15, 0.2) is 0 Å². The molecule has 2 aromatic carbocycles. The molecular formula is C20H18FNO4.